The number of benzene rings is 2. The number of carbonyl (C=O) groups excluding carboxylic acids is 1. The van der Waals surface area contributed by atoms with Crippen LogP contribution in [-0.4, -0.2) is 31.6 Å². The minimum absolute atomic E-state index is 0. The minimum atomic E-state index is -0.0711. The SMILES string of the molecule is Cl.O=C(COc1ccccc1Cc1ccccc1)NCC1CCCN1. The highest BCUT2D eigenvalue weighted by Crippen LogP contribution is 2.21. The van der Waals surface area contributed by atoms with Gasteiger partial charge in [0.25, 0.3) is 5.91 Å². The molecule has 2 N–H and O–H groups in total. The largest absolute Gasteiger partial charge is 0.483 e. The highest BCUT2D eigenvalue weighted by molar-refractivity contribution is 5.85. The minimum Gasteiger partial charge on any atom is -0.483 e. The molecule has 2 aromatic rings. The molecule has 0 saturated carbocycles. The van der Waals surface area contributed by atoms with E-state index in [0.717, 1.165) is 30.7 Å². The fourth-order valence-corrected chi connectivity index (χ4v) is 2.97. The van der Waals surface area contributed by atoms with Crippen LogP contribution in [0, 0.1) is 0 Å². The lowest BCUT2D eigenvalue weighted by Gasteiger charge is -2.14. The van der Waals surface area contributed by atoms with Crippen LogP contribution in [0.4, 0.5) is 0 Å². The number of ether oxygens (including phenoxy) is 1. The molecule has 3 rings (SSSR count). The predicted octanol–water partition coefficient (Wildman–Crippen LogP) is 2.95. The van der Waals surface area contributed by atoms with E-state index in [9.17, 15) is 4.79 Å². The Morgan fingerprint density at radius 3 is 2.64 bits per heavy atom. The molecule has 134 valence electrons. The number of amides is 1. The Morgan fingerprint density at radius 2 is 1.88 bits per heavy atom. The molecule has 1 saturated heterocycles. The molecule has 4 nitrogen and oxygen atoms in total. The zero-order valence-electron chi connectivity index (χ0n) is 14.2. The van der Waals surface area contributed by atoms with Crippen molar-refractivity contribution in [2.75, 3.05) is 19.7 Å². The van der Waals surface area contributed by atoms with Crippen molar-refractivity contribution in [1.29, 1.82) is 0 Å². The molecule has 0 spiro atoms. The molecule has 1 unspecified atom stereocenters. The Morgan fingerprint density at radius 1 is 1.12 bits per heavy atom. The maximum absolute atomic E-state index is 12.0. The van der Waals surface area contributed by atoms with Crippen LogP contribution in [0.3, 0.4) is 0 Å². The molecule has 25 heavy (non-hydrogen) atoms. The first-order chi connectivity index (χ1) is 11.8. The van der Waals surface area contributed by atoms with Crippen molar-refractivity contribution < 1.29 is 9.53 Å². The summed E-state index contributed by atoms with van der Waals surface area (Å²) in [6, 6.07) is 18.6. The first kappa shape index (κ1) is 19.3. The van der Waals surface area contributed by atoms with Gasteiger partial charge in [0, 0.05) is 19.0 Å². The fraction of sp³-hybridized carbons (Fsp3) is 0.350. The van der Waals surface area contributed by atoms with Gasteiger partial charge in [0.2, 0.25) is 0 Å². The van der Waals surface area contributed by atoms with Gasteiger partial charge in [-0.1, -0.05) is 48.5 Å². The van der Waals surface area contributed by atoms with Crippen molar-refractivity contribution in [3.63, 3.8) is 0 Å². The summed E-state index contributed by atoms with van der Waals surface area (Å²) in [5.74, 6) is 0.703. The lowest BCUT2D eigenvalue weighted by Crippen LogP contribution is -2.39. The Bertz CT molecular complexity index is 658. The van der Waals surface area contributed by atoms with Crippen LogP contribution < -0.4 is 15.4 Å². The lowest BCUT2D eigenvalue weighted by atomic mass is 10.0. The van der Waals surface area contributed by atoms with Gasteiger partial charge in [-0.05, 0) is 36.6 Å². The van der Waals surface area contributed by atoms with Gasteiger partial charge in [0.05, 0.1) is 0 Å². The summed E-state index contributed by atoms with van der Waals surface area (Å²) in [6.45, 7) is 1.77. The Kier molecular flexibility index (Phi) is 7.76. The van der Waals surface area contributed by atoms with Crippen molar-refractivity contribution in [1.82, 2.24) is 10.6 Å². The molecule has 1 amide bonds. The van der Waals surface area contributed by atoms with Crippen LogP contribution in [-0.2, 0) is 11.2 Å². The van der Waals surface area contributed by atoms with Crippen molar-refractivity contribution in [3.8, 4) is 5.75 Å². The smallest absolute Gasteiger partial charge is 0.257 e. The second-order valence-electron chi connectivity index (χ2n) is 6.16. The van der Waals surface area contributed by atoms with E-state index >= 15 is 0 Å². The third-order valence-electron chi connectivity index (χ3n) is 4.28. The quantitative estimate of drug-likeness (QED) is 0.798. The predicted molar refractivity (Wildman–Crippen MR) is 102 cm³/mol. The van der Waals surface area contributed by atoms with Crippen LogP contribution in [0.1, 0.15) is 24.0 Å². The number of hydrogen-bond donors (Lipinski definition) is 2. The molecule has 5 heteroatoms. The van der Waals surface area contributed by atoms with Gasteiger partial charge in [-0.25, -0.2) is 0 Å². The van der Waals surface area contributed by atoms with E-state index in [-0.39, 0.29) is 24.9 Å². The average Bonchev–Trinajstić information content (AvgIpc) is 3.14. The first-order valence-corrected chi connectivity index (χ1v) is 8.56. The normalized spacial score (nSPS) is 16.1. The summed E-state index contributed by atoms with van der Waals surface area (Å²) >= 11 is 0. The van der Waals surface area contributed by atoms with Gasteiger partial charge in [-0.15, -0.1) is 12.4 Å². The Balaban J connectivity index is 0.00000225. The van der Waals surface area contributed by atoms with E-state index in [4.69, 9.17) is 4.74 Å². The van der Waals surface area contributed by atoms with E-state index in [1.165, 1.54) is 12.0 Å². The van der Waals surface area contributed by atoms with Crippen molar-refractivity contribution in [2.45, 2.75) is 25.3 Å². The van der Waals surface area contributed by atoms with Crippen LogP contribution >= 0.6 is 12.4 Å². The van der Waals surface area contributed by atoms with Crippen LogP contribution in [0.15, 0.2) is 54.6 Å². The van der Waals surface area contributed by atoms with Crippen LogP contribution in [0.5, 0.6) is 5.75 Å². The number of para-hydroxylation sites is 1. The zero-order valence-corrected chi connectivity index (χ0v) is 15.1. The topological polar surface area (TPSA) is 50.4 Å². The standard InChI is InChI=1S/C20H24N2O2.ClH/c23-20(22-14-18-10-6-12-21-18)15-24-19-11-5-4-9-17(19)13-16-7-2-1-3-8-16;/h1-5,7-9,11,18,21H,6,10,12-15H2,(H,22,23);1H. The Labute approximate surface area is 155 Å². The molecule has 1 heterocycles. The average molecular weight is 361 g/mol. The maximum Gasteiger partial charge on any atom is 0.257 e. The van der Waals surface area contributed by atoms with Crippen molar-refractivity contribution in [2.24, 2.45) is 0 Å². The third-order valence-corrected chi connectivity index (χ3v) is 4.28. The number of hydrogen-bond acceptors (Lipinski definition) is 3. The van der Waals surface area contributed by atoms with E-state index in [0.29, 0.717) is 12.6 Å². The van der Waals surface area contributed by atoms with E-state index in [2.05, 4.69) is 22.8 Å². The van der Waals surface area contributed by atoms with Gasteiger partial charge >= 0.3 is 0 Å². The van der Waals surface area contributed by atoms with Gasteiger partial charge in [-0.3, -0.25) is 4.79 Å². The van der Waals surface area contributed by atoms with Gasteiger partial charge in [0.15, 0.2) is 6.61 Å². The van der Waals surface area contributed by atoms with E-state index < -0.39 is 0 Å². The van der Waals surface area contributed by atoms with Gasteiger partial charge in [-0.2, -0.15) is 0 Å². The van der Waals surface area contributed by atoms with Crippen LogP contribution in [0.25, 0.3) is 0 Å². The molecule has 1 fully saturated rings. The van der Waals surface area contributed by atoms with Crippen molar-refractivity contribution >= 4 is 18.3 Å². The van der Waals surface area contributed by atoms with E-state index in [1.54, 1.807) is 0 Å². The molecule has 1 atom stereocenters. The summed E-state index contributed by atoms with van der Waals surface area (Å²) in [7, 11) is 0. The molecule has 1 aliphatic heterocycles. The molecule has 0 radical (unpaired) electrons. The second kappa shape index (κ2) is 10.1. The first-order valence-electron chi connectivity index (χ1n) is 8.56. The van der Waals surface area contributed by atoms with Gasteiger partial charge < -0.3 is 15.4 Å². The zero-order chi connectivity index (χ0) is 16.6. The molecule has 1 aliphatic rings. The summed E-state index contributed by atoms with van der Waals surface area (Å²) in [5, 5.41) is 6.30. The second-order valence-corrected chi connectivity index (χ2v) is 6.16. The summed E-state index contributed by atoms with van der Waals surface area (Å²) in [5.41, 5.74) is 2.32. The molecule has 0 aliphatic carbocycles. The summed E-state index contributed by atoms with van der Waals surface area (Å²) in [4.78, 5) is 12.0. The maximum atomic E-state index is 12.0. The number of halogens is 1. The molecule has 2 aromatic carbocycles. The molecule has 0 bridgehead atoms. The highest BCUT2D eigenvalue weighted by atomic mass is 35.5. The highest BCUT2D eigenvalue weighted by Gasteiger charge is 2.15. The Hall–Kier alpha value is -2.04. The fourth-order valence-electron chi connectivity index (χ4n) is 2.97. The molecular formula is C20H25ClN2O2. The monoisotopic (exact) mass is 360 g/mol. The lowest BCUT2D eigenvalue weighted by molar-refractivity contribution is -0.123. The number of rotatable bonds is 7. The number of carbonyl (C=O) groups is 1. The van der Waals surface area contributed by atoms with Crippen LogP contribution in [0.2, 0.25) is 0 Å². The van der Waals surface area contributed by atoms with Gasteiger partial charge in [0.1, 0.15) is 5.75 Å². The molecular weight excluding hydrogens is 336 g/mol. The third kappa shape index (κ3) is 6.07. The summed E-state index contributed by atoms with van der Waals surface area (Å²) < 4.78 is 5.75. The van der Waals surface area contributed by atoms with Crippen molar-refractivity contribution in [3.05, 3.63) is 65.7 Å². The van der Waals surface area contributed by atoms with E-state index in [1.807, 2.05) is 42.5 Å². The summed E-state index contributed by atoms with van der Waals surface area (Å²) in [6.07, 6.45) is 3.11. The molecule has 0 aromatic heterocycles. The number of nitrogens with one attached hydrogen (secondary N) is 2.